The summed E-state index contributed by atoms with van der Waals surface area (Å²) in [4.78, 5) is 29.7. The van der Waals surface area contributed by atoms with E-state index in [4.69, 9.17) is 29.8 Å². The van der Waals surface area contributed by atoms with Crippen molar-refractivity contribution in [1.82, 2.24) is 9.55 Å². The number of nitrogens with one attached hydrogen (secondary N) is 1. The molecule has 0 aliphatic rings. The minimum Gasteiger partial charge on any atom is -0.453 e. The van der Waals surface area contributed by atoms with Crippen molar-refractivity contribution in [3.63, 3.8) is 0 Å². The van der Waals surface area contributed by atoms with Crippen molar-refractivity contribution >= 4 is 11.8 Å². The Bertz CT molecular complexity index is 1660. The van der Waals surface area contributed by atoms with Gasteiger partial charge in [-0.25, -0.2) is 14.6 Å². The van der Waals surface area contributed by atoms with Crippen LogP contribution in [0.25, 0.3) is 11.1 Å². The van der Waals surface area contributed by atoms with Gasteiger partial charge in [0.2, 0.25) is 0 Å². The van der Waals surface area contributed by atoms with Gasteiger partial charge in [-0.2, -0.15) is 5.53 Å². The summed E-state index contributed by atoms with van der Waals surface area (Å²) < 4.78 is 17.1. The number of aromatic nitrogens is 2. The second-order valence-electron chi connectivity index (χ2n) is 10.0. The van der Waals surface area contributed by atoms with Gasteiger partial charge in [-0.05, 0) is 43.4 Å². The minimum absolute atomic E-state index is 0.106. The summed E-state index contributed by atoms with van der Waals surface area (Å²) in [6.07, 6.45) is 1.66. The molecule has 0 fully saturated rings. The fourth-order valence-corrected chi connectivity index (χ4v) is 4.58. The van der Waals surface area contributed by atoms with Crippen LogP contribution in [0.4, 0.5) is 0 Å². The van der Waals surface area contributed by atoms with Crippen LogP contribution in [0.3, 0.4) is 0 Å². The van der Waals surface area contributed by atoms with Crippen LogP contribution < -0.4 is 11.6 Å². The van der Waals surface area contributed by atoms with Gasteiger partial charge in [0.1, 0.15) is 17.1 Å². The average Bonchev–Trinajstić information content (AvgIpc) is 3.51. The number of hydrogen-bond acceptors (Lipinski definition) is 9. The van der Waals surface area contributed by atoms with E-state index in [1.807, 2.05) is 62.4 Å². The highest BCUT2D eigenvalue weighted by atomic mass is 16.6. The molecule has 12 nitrogen and oxygen atoms in total. The number of imidazole rings is 1. The van der Waals surface area contributed by atoms with Crippen molar-refractivity contribution < 1.29 is 23.5 Å². The number of rotatable bonds is 12. The lowest BCUT2D eigenvalue weighted by atomic mass is 9.97. The lowest BCUT2D eigenvalue weighted by Gasteiger charge is -2.21. The van der Waals surface area contributed by atoms with Crippen molar-refractivity contribution in [3.8, 4) is 11.1 Å². The molecule has 4 rings (SSSR count). The molecular formula is C30H34N6O6. The molecule has 0 aliphatic heterocycles. The van der Waals surface area contributed by atoms with E-state index in [0.717, 1.165) is 23.1 Å². The van der Waals surface area contributed by atoms with Gasteiger partial charge in [0.25, 0.3) is 0 Å². The third kappa shape index (κ3) is 6.39. The molecule has 0 amide bonds. The lowest BCUT2D eigenvalue weighted by Crippen LogP contribution is -2.25. The van der Waals surface area contributed by atoms with Crippen LogP contribution in [0, 0.1) is 12.5 Å². The number of aryl methyl sites for hydroxylation is 2. The number of nitrogens with two attached hydrogens (primary N) is 1. The number of esters is 1. The molecule has 2 aromatic carbocycles. The Morgan fingerprint density at radius 2 is 1.88 bits per heavy atom. The Hall–Kier alpha value is -4.84. The molecule has 2 aromatic heterocycles. The highest BCUT2D eigenvalue weighted by molar-refractivity contribution is 6.03. The Balaban J connectivity index is 1.72. The number of hydrogen-bond donors (Lipinski definition) is 3. The molecule has 0 saturated heterocycles. The molecule has 1 atom stereocenters. The summed E-state index contributed by atoms with van der Waals surface area (Å²) in [5, 5.41) is 17.9. The van der Waals surface area contributed by atoms with E-state index in [0.29, 0.717) is 24.2 Å². The van der Waals surface area contributed by atoms with Crippen LogP contribution in [0.15, 0.2) is 72.5 Å². The molecule has 220 valence electrons. The quantitative estimate of drug-likeness (QED) is 0.0692. The number of carbonyl (C=O) groups is 1. The Kier molecular flexibility index (Phi) is 9.16. The molecular weight excluding hydrogens is 540 g/mol. The molecule has 42 heavy (non-hydrogen) atoms. The number of benzene rings is 2. The maximum atomic E-state index is 13.6. The molecule has 1 unspecified atom stereocenters. The van der Waals surface area contributed by atoms with Crippen LogP contribution in [-0.4, -0.2) is 26.5 Å². The number of nitrogens with zero attached hydrogens (tertiary/aromatic N) is 4. The van der Waals surface area contributed by atoms with Crippen LogP contribution in [0.1, 0.15) is 78.3 Å². The predicted octanol–water partition coefficient (Wildman–Crippen LogP) is 5.03. The smallest absolute Gasteiger partial charge is 0.453 e. The van der Waals surface area contributed by atoms with Gasteiger partial charge in [-0.1, -0.05) is 67.6 Å². The van der Waals surface area contributed by atoms with Crippen LogP contribution in [0.5, 0.6) is 0 Å². The lowest BCUT2D eigenvalue weighted by molar-refractivity contribution is 0.0345. The zero-order valence-corrected chi connectivity index (χ0v) is 24.0. The van der Waals surface area contributed by atoms with Crippen LogP contribution in [-0.2, 0) is 29.9 Å². The van der Waals surface area contributed by atoms with Gasteiger partial charge < -0.3 is 29.0 Å². The van der Waals surface area contributed by atoms with Crippen molar-refractivity contribution in [2.45, 2.75) is 65.7 Å². The van der Waals surface area contributed by atoms with Crippen molar-refractivity contribution in [2.75, 3.05) is 0 Å². The minimum atomic E-state index is -1.39. The Morgan fingerprint density at radius 3 is 2.50 bits per heavy atom. The summed E-state index contributed by atoms with van der Waals surface area (Å²) in [6, 6.07) is 15.2. The number of aliphatic hydroxyl groups is 1. The van der Waals surface area contributed by atoms with E-state index in [-0.39, 0.29) is 41.9 Å². The first-order valence-corrected chi connectivity index (χ1v) is 13.6. The maximum Gasteiger partial charge on any atom is 0.519 e. The van der Waals surface area contributed by atoms with E-state index in [2.05, 4.69) is 10.3 Å². The summed E-state index contributed by atoms with van der Waals surface area (Å²) in [5.74, 6) is -0.493. The zero-order valence-electron chi connectivity index (χ0n) is 24.0. The second kappa shape index (κ2) is 12.8. The normalized spacial score (nSPS) is 13.1. The topological polar surface area (TPSA) is 182 Å². The van der Waals surface area contributed by atoms with E-state index in [9.17, 15) is 14.7 Å². The largest absolute Gasteiger partial charge is 0.519 e. The molecule has 2 heterocycles. The van der Waals surface area contributed by atoms with Crippen molar-refractivity contribution in [2.24, 2.45) is 16.1 Å². The summed E-state index contributed by atoms with van der Waals surface area (Å²) >= 11 is 0. The Morgan fingerprint density at radius 1 is 1.17 bits per heavy atom. The van der Waals surface area contributed by atoms with Gasteiger partial charge in [0, 0.05) is 18.5 Å². The summed E-state index contributed by atoms with van der Waals surface area (Å²) in [6.45, 7) is 6.94. The number of carbonyl (C=O) groups excluding carboxylic acids is 1. The average molecular weight is 575 g/mol. The Labute approximate surface area is 242 Å². The van der Waals surface area contributed by atoms with Gasteiger partial charge in [-0.15, -0.1) is 5.10 Å². The highest BCUT2D eigenvalue weighted by Gasteiger charge is 2.34. The molecule has 4 aromatic rings. The second-order valence-corrected chi connectivity index (χ2v) is 10.0. The van der Waals surface area contributed by atoms with Crippen LogP contribution in [0.2, 0.25) is 0 Å². The molecule has 0 bridgehead atoms. The van der Waals surface area contributed by atoms with Crippen molar-refractivity contribution in [1.29, 1.82) is 5.53 Å². The van der Waals surface area contributed by atoms with Gasteiger partial charge in [-0.3, -0.25) is 0 Å². The molecule has 0 aliphatic carbocycles. The number of amidine groups is 1. The fourth-order valence-electron chi connectivity index (χ4n) is 4.58. The van der Waals surface area contributed by atoms with E-state index < -0.39 is 17.4 Å². The van der Waals surface area contributed by atoms with Gasteiger partial charge in [0.15, 0.2) is 29.7 Å². The third-order valence-corrected chi connectivity index (χ3v) is 7.05. The maximum absolute atomic E-state index is 13.6. The van der Waals surface area contributed by atoms with Gasteiger partial charge in [0.05, 0.1) is 0 Å². The van der Waals surface area contributed by atoms with Crippen molar-refractivity contribution in [3.05, 3.63) is 99.0 Å². The summed E-state index contributed by atoms with van der Waals surface area (Å²) in [5.41, 5.74) is 15.2. The molecule has 0 saturated carbocycles. The highest BCUT2D eigenvalue weighted by Crippen LogP contribution is 2.30. The molecule has 4 N–H and O–H groups in total. The monoisotopic (exact) mass is 574 g/mol. The first-order chi connectivity index (χ1) is 20.1. The first-order valence-electron chi connectivity index (χ1n) is 13.6. The van der Waals surface area contributed by atoms with E-state index in [1.54, 1.807) is 18.4 Å². The molecule has 0 radical (unpaired) electrons. The fraction of sp³-hybridized carbons (Fsp3) is 0.333. The predicted molar refractivity (Wildman–Crippen MR) is 154 cm³/mol. The first kappa shape index (κ1) is 30.1. The zero-order chi connectivity index (χ0) is 30.4. The molecule has 0 spiro atoms. The summed E-state index contributed by atoms with van der Waals surface area (Å²) in [7, 11) is 0. The standard InChI is InChI=1S/C30H34N6O6/c1-5-9-24-33-26(30(4,39)6-2)25(28(37)40-17-23-18(3)41-29(38)42-23)36(24)16-19-12-14-20(15-13-19)21-10-7-8-11-22(21)27(31)34-35-32/h7-8,10-15,39H,5-6,9,16-17H2,1-4H3,(H3,31,32,34). The van der Waals surface area contributed by atoms with E-state index >= 15 is 0 Å². The SMILES string of the molecule is CCCc1nc(C(C)(O)CC)c(C(=O)OCc2oc(=O)oc2C)n1Cc1ccc(-c2ccccc2C(N)=NN=N)cc1. The molecule has 12 heteroatoms. The van der Waals surface area contributed by atoms with Crippen LogP contribution >= 0.6 is 0 Å². The van der Waals surface area contributed by atoms with Gasteiger partial charge >= 0.3 is 11.8 Å². The number of ether oxygens (including phenoxy) is 1. The van der Waals surface area contributed by atoms with E-state index in [1.165, 1.54) is 0 Å². The third-order valence-electron chi connectivity index (χ3n) is 7.05.